The van der Waals surface area contributed by atoms with Gasteiger partial charge in [0, 0.05) is 4.90 Å². The highest BCUT2D eigenvalue weighted by molar-refractivity contribution is 7.99. The number of hydrogen-bond donors (Lipinski definition) is 2. The van der Waals surface area contributed by atoms with E-state index in [4.69, 9.17) is 0 Å². The standard InChI is InChI=1S/C13H10N4O2S/c1-7-2-3-9(8(4-7)13(18)19)20-12-10-11(15-5-14-10)16-6-17-12/h2-6H,1H3,(H,18,19)(H,14,15,16,17). The summed E-state index contributed by atoms with van der Waals surface area (Å²) in [4.78, 5) is 27.2. The Kier molecular flexibility index (Phi) is 3.11. The number of hydrogen-bond acceptors (Lipinski definition) is 5. The smallest absolute Gasteiger partial charge is 0.336 e. The molecule has 0 atom stereocenters. The largest absolute Gasteiger partial charge is 0.478 e. The first kappa shape index (κ1) is 12.6. The van der Waals surface area contributed by atoms with Crippen LogP contribution in [0.2, 0.25) is 0 Å². The van der Waals surface area contributed by atoms with Gasteiger partial charge in [-0.25, -0.2) is 19.7 Å². The maximum Gasteiger partial charge on any atom is 0.336 e. The predicted octanol–water partition coefficient (Wildman–Crippen LogP) is 2.51. The first-order chi connectivity index (χ1) is 9.65. The van der Waals surface area contributed by atoms with Crippen LogP contribution < -0.4 is 0 Å². The number of carboxylic acid groups (broad SMARTS) is 1. The number of benzene rings is 1. The maximum atomic E-state index is 11.3. The third-order valence-corrected chi connectivity index (χ3v) is 3.84. The van der Waals surface area contributed by atoms with Gasteiger partial charge >= 0.3 is 5.97 Å². The second-order valence-corrected chi connectivity index (χ2v) is 5.22. The van der Waals surface area contributed by atoms with Gasteiger partial charge in [0.1, 0.15) is 16.9 Å². The van der Waals surface area contributed by atoms with E-state index in [9.17, 15) is 9.90 Å². The molecule has 0 unspecified atom stereocenters. The molecule has 2 N–H and O–H groups in total. The monoisotopic (exact) mass is 286 g/mol. The topological polar surface area (TPSA) is 91.8 Å². The van der Waals surface area contributed by atoms with Gasteiger partial charge < -0.3 is 10.1 Å². The molecule has 0 amide bonds. The van der Waals surface area contributed by atoms with E-state index in [0.717, 1.165) is 5.56 Å². The average Bonchev–Trinajstić information content (AvgIpc) is 2.90. The number of aryl methyl sites for hydroxylation is 1. The van der Waals surface area contributed by atoms with Crippen LogP contribution in [0.25, 0.3) is 11.2 Å². The molecule has 20 heavy (non-hydrogen) atoms. The van der Waals surface area contributed by atoms with Crippen molar-refractivity contribution < 1.29 is 9.90 Å². The Morgan fingerprint density at radius 2 is 2.15 bits per heavy atom. The van der Waals surface area contributed by atoms with E-state index < -0.39 is 5.97 Å². The summed E-state index contributed by atoms with van der Waals surface area (Å²) in [5, 5.41) is 9.93. The Hall–Kier alpha value is -2.41. The van der Waals surface area contributed by atoms with Gasteiger partial charge in [-0.3, -0.25) is 0 Å². The Bertz CT molecular complexity index is 800. The minimum absolute atomic E-state index is 0.265. The summed E-state index contributed by atoms with van der Waals surface area (Å²) in [6, 6.07) is 5.31. The second kappa shape index (κ2) is 4.93. The van der Waals surface area contributed by atoms with Crippen LogP contribution in [0.3, 0.4) is 0 Å². The van der Waals surface area contributed by atoms with Crippen molar-refractivity contribution in [3.8, 4) is 0 Å². The zero-order valence-electron chi connectivity index (χ0n) is 10.5. The van der Waals surface area contributed by atoms with Gasteiger partial charge in [0.2, 0.25) is 0 Å². The number of carboxylic acids is 1. The van der Waals surface area contributed by atoms with Crippen LogP contribution in [-0.2, 0) is 0 Å². The van der Waals surface area contributed by atoms with Crippen molar-refractivity contribution in [1.29, 1.82) is 0 Å². The van der Waals surface area contributed by atoms with Gasteiger partial charge in [0.15, 0.2) is 5.65 Å². The van der Waals surface area contributed by atoms with Gasteiger partial charge in [-0.05, 0) is 19.1 Å². The molecule has 0 fully saturated rings. The fraction of sp³-hybridized carbons (Fsp3) is 0.0769. The highest BCUT2D eigenvalue weighted by Crippen LogP contribution is 2.32. The van der Waals surface area contributed by atoms with Crippen LogP contribution >= 0.6 is 11.8 Å². The number of aromatic amines is 1. The quantitative estimate of drug-likeness (QED) is 0.719. The molecule has 0 bridgehead atoms. The molecule has 0 saturated carbocycles. The summed E-state index contributed by atoms with van der Waals surface area (Å²) in [5.74, 6) is -0.953. The Morgan fingerprint density at radius 1 is 1.30 bits per heavy atom. The number of aromatic nitrogens is 4. The number of imidazole rings is 1. The van der Waals surface area contributed by atoms with E-state index >= 15 is 0 Å². The molecule has 6 nitrogen and oxygen atoms in total. The number of nitrogens with zero attached hydrogens (tertiary/aromatic N) is 3. The molecule has 0 aliphatic carbocycles. The first-order valence-corrected chi connectivity index (χ1v) is 6.62. The zero-order valence-corrected chi connectivity index (χ0v) is 11.3. The summed E-state index contributed by atoms with van der Waals surface area (Å²) in [5.41, 5.74) is 2.43. The van der Waals surface area contributed by atoms with E-state index in [-0.39, 0.29) is 5.56 Å². The molecule has 0 spiro atoms. The summed E-state index contributed by atoms with van der Waals surface area (Å²) in [7, 11) is 0. The Balaban J connectivity index is 2.07. The fourth-order valence-corrected chi connectivity index (χ4v) is 2.78. The van der Waals surface area contributed by atoms with E-state index in [2.05, 4.69) is 19.9 Å². The van der Waals surface area contributed by atoms with E-state index in [1.807, 2.05) is 13.0 Å². The minimum Gasteiger partial charge on any atom is -0.478 e. The number of fused-ring (bicyclic) bond motifs is 1. The van der Waals surface area contributed by atoms with Crippen molar-refractivity contribution in [3.63, 3.8) is 0 Å². The molecule has 2 aromatic heterocycles. The van der Waals surface area contributed by atoms with Crippen LogP contribution in [0.1, 0.15) is 15.9 Å². The number of carbonyl (C=O) groups is 1. The van der Waals surface area contributed by atoms with Crippen molar-refractivity contribution in [2.45, 2.75) is 16.8 Å². The third kappa shape index (κ3) is 2.23. The van der Waals surface area contributed by atoms with Crippen LogP contribution in [0.4, 0.5) is 0 Å². The van der Waals surface area contributed by atoms with Gasteiger partial charge in [0.25, 0.3) is 0 Å². The molecule has 2 heterocycles. The van der Waals surface area contributed by atoms with E-state index in [1.165, 1.54) is 24.4 Å². The Labute approximate surface area is 118 Å². The molecule has 100 valence electrons. The highest BCUT2D eigenvalue weighted by atomic mass is 32.2. The number of rotatable bonds is 3. The summed E-state index contributed by atoms with van der Waals surface area (Å²) in [6.07, 6.45) is 2.96. The lowest BCUT2D eigenvalue weighted by molar-refractivity contribution is 0.0693. The SMILES string of the molecule is Cc1ccc(Sc2ncnc3nc[nH]c23)c(C(=O)O)c1. The average molecular weight is 286 g/mol. The van der Waals surface area contributed by atoms with Crippen LogP contribution in [0.15, 0.2) is 40.8 Å². The van der Waals surface area contributed by atoms with Gasteiger partial charge in [-0.2, -0.15) is 0 Å². The lowest BCUT2D eigenvalue weighted by atomic mass is 10.1. The van der Waals surface area contributed by atoms with Crippen molar-refractivity contribution in [2.75, 3.05) is 0 Å². The van der Waals surface area contributed by atoms with Gasteiger partial charge in [-0.15, -0.1) is 0 Å². The first-order valence-electron chi connectivity index (χ1n) is 5.81. The summed E-state index contributed by atoms with van der Waals surface area (Å²) in [6.45, 7) is 1.86. The molecule has 0 aliphatic heterocycles. The minimum atomic E-state index is -0.953. The zero-order chi connectivity index (χ0) is 14.1. The Morgan fingerprint density at radius 3 is 2.95 bits per heavy atom. The van der Waals surface area contributed by atoms with Gasteiger partial charge in [0.05, 0.1) is 11.9 Å². The molecular formula is C13H10N4O2S. The molecule has 7 heteroatoms. The van der Waals surface area contributed by atoms with Crippen LogP contribution in [-0.4, -0.2) is 31.0 Å². The lowest BCUT2D eigenvalue weighted by Gasteiger charge is -2.06. The second-order valence-electron chi connectivity index (χ2n) is 4.19. The van der Waals surface area contributed by atoms with E-state index in [1.54, 1.807) is 12.1 Å². The normalized spacial score (nSPS) is 10.8. The lowest BCUT2D eigenvalue weighted by Crippen LogP contribution is -1.99. The molecular weight excluding hydrogens is 276 g/mol. The molecule has 0 radical (unpaired) electrons. The molecule has 3 rings (SSSR count). The highest BCUT2D eigenvalue weighted by Gasteiger charge is 2.14. The molecule has 0 saturated heterocycles. The molecule has 1 aromatic carbocycles. The fourth-order valence-electron chi connectivity index (χ4n) is 1.82. The third-order valence-electron chi connectivity index (χ3n) is 2.76. The molecule has 0 aliphatic rings. The maximum absolute atomic E-state index is 11.3. The van der Waals surface area contributed by atoms with Crippen molar-refractivity contribution in [1.82, 2.24) is 19.9 Å². The van der Waals surface area contributed by atoms with Crippen molar-refractivity contribution >= 4 is 28.9 Å². The molecule has 3 aromatic rings. The number of H-pyrrole nitrogens is 1. The van der Waals surface area contributed by atoms with Crippen molar-refractivity contribution in [2.24, 2.45) is 0 Å². The van der Waals surface area contributed by atoms with Gasteiger partial charge in [-0.1, -0.05) is 23.4 Å². The van der Waals surface area contributed by atoms with Crippen LogP contribution in [0.5, 0.6) is 0 Å². The van der Waals surface area contributed by atoms with Crippen LogP contribution in [0, 0.1) is 6.92 Å². The predicted molar refractivity (Wildman–Crippen MR) is 73.9 cm³/mol. The number of aromatic carboxylic acids is 1. The number of nitrogens with one attached hydrogen (secondary N) is 1. The summed E-state index contributed by atoms with van der Waals surface area (Å²) < 4.78 is 0. The summed E-state index contributed by atoms with van der Waals surface area (Å²) >= 11 is 1.28. The van der Waals surface area contributed by atoms with E-state index in [0.29, 0.717) is 21.1 Å². The van der Waals surface area contributed by atoms with Crippen molar-refractivity contribution in [3.05, 3.63) is 42.0 Å².